The average molecular weight is 277 g/mol. The van der Waals surface area contributed by atoms with Crippen LogP contribution in [0.1, 0.15) is 17.8 Å². The van der Waals surface area contributed by atoms with Crippen molar-refractivity contribution in [2.75, 3.05) is 13.7 Å². The number of rotatable bonds is 5. The number of nitrogens with zero attached hydrogens (tertiary/aromatic N) is 2. The van der Waals surface area contributed by atoms with E-state index in [2.05, 4.69) is 21.0 Å². The van der Waals surface area contributed by atoms with Gasteiger partial charge in [0, 0.05) is 14.2 Å². The van der Waals surface area contributed by atoms with Crippen LogP contribution in [0.25, 0.3) is 0 Å². The zero-order valence-electron chi connectivity index (χ0n) is 9.33. The highest BCUT2D eigenvalue weighted by molar-refractivity contribution is 9.10. The molecule has 1 aromatic heterocycles. The molecule has 4 nitrogen and oxygen atoms in total. The molecule has 0 saturated carbocycles. The summed E-state index contributed by atoms with van der Waals surface area (Å²) in [4.78, 5) is 0. The number of aromatic nitrogens is 2. The first-order chi connectivity index (χ1) is 7.06. The summed E-state index contributed by atoms with van der Waals surface area (Å²) in [7, 11) is 3.50. The molecule has 0 spiro atoms. The average Bonchev–Trinajstić information content (AvgIpc) is 2.40. The normalized spacial score (nSPS) is 13.1. The van der Waals surface area contributed by atoms with Crippen molar-refractivity contribution in [1.82, 2.24) is 9.78 Å². The number of hydrogen-bond acceptors (Lipinski definition) is 3. The van der Waals surface area contributed by atoms with Gasteiger partial charge in [-0.25, -0.2) is 0 Å². The standard InChI is InChI=1S/C10H17BrN2O2/c1-7-10(11)9(13(2)12-7)5-4-8(14)6-15-3/h8,14H,4-6H2,1-3H3. The molecule has 0 aliphatic rings. The second-order valence-corrected chi connectivity index (χ2v) is 4.41. The van der Waals surface area contributed by atoms with Crippen LogP contribution < -0.4 is 0 Å². The van der Waals surface area contributed by atoms with E-state index in [-0.39, 0.29) is 0 Å². The van der Waals surface area contributed by atoms with Gasteiger partial charge in [0.25, 0.3) is 0 Å². The molecule has 1 rings (SSSR count). The van der Waals surface area contributed by atoms with Crippen LogP contribution in [-0.2, 0) is 18.2 Å². The monoisotopic (exact) mass is 276 g/mol. The fraction of sp³-hybridized carbons (Fsp3) is 0.700. The Balaban J connectivity index is 2.57. The van der Waals surface area contributed by atoms with Crippen molar-refractivity contribution in [2.24, 2.45) is 7.05 Å². The van der Waals surface area contributed by atoms with Crippen LogP contribution in [0, 0.1) is 6.92 Å². The van der Waals surface area contributed by atoms with E-state index in [1.807, 2.05) is 18.7 Å². The van der Waals surface area contributed by atoms with E-state index in [1.54, 1.807) is 7.11 Å². The summed E-state index contributed by atoms with van der Waals surface area (Å²) in [6, 6.07) is 0. The van der Waals surface area contributed by atoms with Gasteiger partial charge in [0.1, 0.15) is 0 Å². The molecular formula is C10H17BrN2O2. The lowest BCUT2D eigenvalue weighted by molar-refractivity contribution is 0.0592. The number of aryl methyl sites for hydroxylation is 2. The molecule has 1 aromatic rings. The SMILES string of the molecule is COCC(O)CCc1c(Br)c(C)nn1C. The maximum Gasteiger partial charge on any atom is 0.0777 e. The Kier molecular flexibility index (Phi) is 4.76. The molecule has 1 N–H and O–H groups in total. The van der Waals surface area contributed by atoms with Crippen LogP contribution in [0.2, 0.25) is 0 Å². The van der Waals surface area contributed by atoms with Gasteiger partial charge in [0.2, 0.25) is 0 Å². The number of halogens is 1. The molecule has 0 saturated heterocycles. The van der Waals surface area contributed by atoms with Crippen LogP contribution in [0.4, 0.5) is 0 Å². The lowest BCUT2D eigenvalue weighted by Gasteiger charge is -2.09. The fourth-order valence-corrected chi connectivity index (χ4v) is 2.06. The Morgan fingerprint density at radius 2 is 2.27 bits per heavy atom. The van der Waals surface area contributed by atoms with Gasteiger partial charge in [0.15, 0.2) is 0 Å². The lowest BCUT2D eigenvalue weighted by atomic mass is 10.1. The van der Waals surface area contributed by atoms with Gasteiger partial charge in [-0.05, 0) is 35.7 Å². The van der Waals surface area contributed by atoms with E-state index in [4.69, 9.17) is 4.74 Å². The van der Waals surface area contributed by atoms with E-state index in [0.29, 0.717) is 13.0 Å². The largest absolute Gasteiger partial charge is 0.391 e. The first kappa shape index (κ1) is 12.7. The van der Waals surface area contributed by atoms with Crippen LogP contribution >= 0.6 is 15.9 Å². The number of ether oxygens (including phenoxy) is 1. The molecule has 0 amide bonds. The number of hydrogen-bond donors (Lipinski definition) is 1. The van der Waals surface area contributed by atoms with Gasteiger partial charge in [-0.1, -0.05) is 0 Å². The van der Waals surface area contributed by atoms with Crippen molar-refractivity contribution in [1.29, 1.82) is 0 Å². The minimum Gasteiger partial charge on any atom is -0.391 e. The summed E-state index contributed by atoms with van der Waals surface area (Å²) in [5.41, 5.74) is 2.09. The first-order valence-electron chi connectivity index (χ1n) is 4.91. The van der Waals surface area contributed by atoms with Gasteiger partial charge in [-0.2, -0.15) is 5.10 Å². The molecule has 0 aliphatic carbocycles. The van der Waals surface area contributed by atoms with Crippen LogP contribution in [-0.4, -0.2) is 34.7 Å². The second kappa shape index (κ2) is 5.63. The van der Waals surface area contributed by atoms with E-state index in [9.17, 15) is 5.11 Å². The van der Waals surface area contributed by atoms with Crippen LogP contribution in [0.5, 0.6) is 0 Å². The van der Waals surface area contributed by atoms with Crippen molar-refractivity contribution in [3.05, 3.63) is 15.9 Å². The van der Waals surface area contributed by atoms with Crippen molar-refractivity contribution in [3.63, 3.8) is 0 Å². The van der Waals surface area contributed by atoms with Gasteiger partial charge < -0.3 is 9.84 Å². The molecule has 0 aromatic carbocycles. The highest BCUT2D eigenvalue weighted by Gasteiger charge is 2.12. The molecule has 1 heterocycles. The number of aliphatic hydroxyl groups excluding tert-OH is 1. The van der Waals surface area contributed by atoms with E-state index < -0.39 is 6.10 Å². The smallest absolute Gasteiger partial charge is 0.0777 e. The van der Waals surface area contributed by atoms with Crippen LogP contribution in [0.3, 0.4) is 0 Å². The Morgan fingerprint density at radius 1 is 1.60 bits per heavy atom. The second-order valence-electron chi connectivity index (χ2n) is 3.62. The molecule has 0 fully saturated rings. The Hall–Kier alpha value is -0.390. The van der Waals surface area contributed by atoms with Gasteiger partial charge in [-0.3, -0.25) is 4.68 Å². The van der Waals surface area contributed by atoms with Crippen molar-refractivity contribution >= 4 is 15.9 Å². The molecule has 0 radical (unpaired) electrons. The molecule has 15 heavy (non-hydrogen) atoms. The Bertz CT molecular complexity index is 325. The van der Waals surface area contributed by atoms with Crippen molar-refractivity contribution < 1.29 is 9.84 Å². The maximum atomic E-state index is 9.53. The quantitative estimate of drug-likeness (QED) is 0.885. The number of aliphatic hydroxyl groups is 1. The minimum atomic E-state index is -0.405. The van der Waals surface area contributed by atoms with Crippen molar-refractivity contribution in [3.8, 4) is 0 Å². The summed E-state index contributed by atoms with van der Waals surface area (Å²) in [5, 5.41) is 13.8. The van der Waals surface area contributed by atoms with Gasteiger partial charge >= 0.3 is 0 Å². The van der Waals surface area contributed by atoms with E-state index >= 15 is 0 Å². The Morgan fingerprint density at radius 3 is 2.73 bits per heavy atom. The zero-order valence-corrected chi connectivity index (χ0v) is 10.9. The van der Waals surface area contributed by atoms with E-state index in [0.717, 1.165) is 22.3 Å². The van der Waals surface area contributed by atoms with Crippen molar-refractivity contribution in [2.45, 2.75) is 25.9 Å². The molecular weight excluding hydrogens is 260 g/mol. The third-order valence-electron chi connectivity index (χ3n) is 2.34. The summed E-state index contributed by atoms with van der Waals surface area (Å²) in [5.74, 6) is 0. The molecule has 1 unspecified atom stereocenters. The van der Waals surface area contributed by atoms with Gasteiger partial charge in [0.05, 0.1) is 28.6 Å². The third-order valence-corrected chi connectivity index (χ3v) is 3.37. The number of methoxy groups -OCH3 is 1. The molecule has 0 aliphatic heterocycles. The highest BCUT2D eigenvalue weighted by Crippen LogP contribution is 2.21. The zero-order chi connectivity index (χ0) is 11.4. The lowest BCUT2D eigenvalue weighted by Crippen LogP contribution is -2.15. The summed E-state index contributed by atoms with van der Waals surface area (Å²) >= 11 is 3.49. The third kappa shape index (κ3) is 3.29. The molecule has 5 heteroatoms. The predicted octanol–water partition coefficient (Wildman–Crippen LogP) is 1.43. The fourth-order valence-electron chi connectivity index (χ4n) is 1.53. The molecule has 86 valence electrons. The first-order valence-corrected chi connectivity index (χ1v) is 5.70. The van der Waals surface area contributed by atoms with E-state index in [1.165, 1.54) is 0 Å². The predicted molar refractivity (Wildman–Crippen MR) is 61.8 cm³/mol. The minimum absolute atomic E-state index is 0.383. The Labute approximate surface area is 98.4 Å². The summed E-state index contributed by atoms with van der Waals surface area (Å²) in [6.07, 6.45) is 1.07. The highest BCUT2D eigenvalue weighted by atomic mass is 79.9. The summed E-state index contributed by atoms with van der Waals surface area (Å²) < 4.78 is 7.76. The summed E-state index contributed by atoms with van der Waals surface area (Å²) in [6.45, 7) is 2.34. The van der Waals surface area contributed by atoms with Crippen LogP contribution in [0.15, 0.2) is 4.47 Å². The molecule has 1 atom stereocenters. The maximum absolute atomic E-state index is 9.53. The topological polar surface area (TPSA) is 47.3 Å². The molecule has 0 bridgehead atoms. The van der Waals surface area contributed by atoms with Gasteiger partial charge in [-0.15, -0.1) is 0 Å².